The maximum absolute atomic E-state index is 13.8. The van der Waals surface area contributed by atoms with Crippen LogP contribution in [0.25, 0.3) is 22.3 Å². The number of nitrogens with one attached hydrogen (secondary N) is 2. The number of nitrogens with zero attached hydrogens (tertiary/aromatic N) is 6. The second-order valence-corrected chi connectivity index (χ2v) is 8.53. The SMILES string of the molecule is O=C(NC(c1ccccc1)c1nn[nH]n1)c1cc(-c2ccccc2)nc2c1cnn2Cc1ccccc1. The van der Waals surface area contributed by atoms with Crippen molar-refractivity contribution in [3.05, 3.63) is 126 Å². The number of aromatic nitrogens is 7. The molecule has 1 atom stereocenters. The van der Waals surface area contributed by atoms with Crippen LogP contribution in [0.15, 0.2) is 103 Å². The number of carbonyl (C=O) groups excluding carboxylic acids is 1. The molecule has 0 radical (unpaired) electrons. The van der Waals surface area contributed by atoms with Crippen molar-refractivity contribution in [1.82, 2.24) is 40.7 Å². The summed E-state index contributed by atoms with van der Waals surface area (Å²) in [6, 6.07) is 30.6. The highest BCUT2D eigenvalue weighted by molar-refractivity contribution is 6.06. The zero-order valence-corrected chi connectivity index (χ0v) is 19.7. The number of benzene rings is 3. The normalized spacial score (nSPS) is 11.9. The number of hydrogen-bond donors (Lipinski definition) is 2. The Balaban J connectivity index is 1.44. The van der Waals surface area contributed by atoms with E-state index in [2.05, 4.69) is 31.0 Å². The molecule has 9 nitrogen and oxygen atoms in total. The number of pyridine rings is 1. The summed E-state index contributed by atoms with van der Waals surface area (Å²) in [5.41, 5.74) is 4.61. The molecule has 0 aliphatic rings. The van der Waals surface area contributed by atoms with E-state index in [0.29, 0.717) is 34.7 Å². The van der Waals surface area contributed by atoms with Gasteiger partial charge in [-0.15, -0.1) is 10.2 Å². The lowest BCUT2D eigenvalue weighted by Gasteiger charge is -2.17. The van der Waals surface area contributed by atoms with Crippen molar-refractivity contribution in [2.45, 2.75) is 12.6 Å². The summed E-state index contributed by atoms with van der Waals surface area (Å²) in [5.74, 6) is 0.0791. The van der Waals surface area contributed by atoms with Crippen LogP contribution < -0.4 is 5.32 Å². The number of amides is 1. The Hall–Kier alpha value is -5.18. The van der Waals surface area contributed by atoms with Crippen LogP contribution in [0, 0.1) is 0 Å². The standard InChI is InChI=1S/C28H22N8O/c37-28(31-25(26-32-34-35-33-26)21-14-8-3-9-15-21)22-16-24(20-12-6-2-7-13-20)30-27-23(22)17-29-36(27)18-19-10-4-1-5-11-19/h1-17,25H,18H2,(H,31,37)(H,32,33,34,35). The maximum atomic E-state index is 13.8. The van der Waals surface area contributed by atoms with Crippen LogP contribution in [-0.4, -0.2) is 41.3 Å². The van der Waals surface area contributed by atoms with Gasteiger partial charge < -0.3 is 5.32 Å². The molecule has 1 amide bonds. The van der Waals surface area contributed by atoms with Crippen LogP contribution in [0.2, 0.25) is 0 Å². The summed E-state index contributed by atoms with van der Waals surface area (Å²) in [5, 5.41) is 22.8. The van der Waals surface area contributed by atoms with Gasteiger partial charge in [-0.1, -0.05) is 96.2 Å². The summed E-state index contributed by atoms with van der Waals surface area (Å²) < 4.78 is 1.82. The Morgan fingerprint density at radius 1 is 0.919 bits per heavy atom. The number of fused-ring (bicyclic) bond motifs is 1. The lowest BCUT2D eigenvalue weighted by Crippen LogP contribution is -2.30. The number of hydrogen-bond acceptors (Lipinski definition) is 6. The zero-order valence-electron chi connectivity index (χ0n) is 19.7. The highest BCUT2D eigenvalue weighted by Crippen LogP contribution is 2.27. The van der Waals surface area contributed by atoms with Crippen molar-refractivity contribution in [1.29, 1.82) is 0 Å². The van der Waals surface area contributed by atoms with Crippen molar-refractivity contribution in [2.75, 3.05) is 0 Å². The Labute approximate surface area is 212 Å². The summed E-state index contributed by atoms with van der Waals surface area (Å²) in [4.78, 5) is 18.7. The quantitative estimate of drug-likeness (QED) is 0.350. The Morgan fingerprint density at radius 2 is 1.62 bits per heavy atom. The van der Waals surface area contributed by atoms with Gasteiger partial charge in [-0.25, -0.2) is 9.67 Å². The van der Waals surface area contributed by atoms with E-state index in [0.717, 1.165) is 16.7 Å². The van der Waals surface area contributed by atoms with Crippen molar-refractivity contribution < 1.29 is 4.79 Å². The summed E-state index contributed by atoms with van der Waals surface area (Å²) in [6.45, 7) is 0.534. The molecule has 0 aliphatic carbocycles. The van der Waals surface area contributed by atoms with Gasteiger partial charge in [0.25, 0.3) is 5.91 Å². The van der Waals surface area contributed by atoms with Crippen LogP contribution in [0.5, 0.6) is 0 Å². The molecule has 6 rings (SSSR count). The minimum Gasteiger partial charge on any atom is -0.338 e. The number of rotatable bonds is 7. The molecule has 3 aromatic carbocycles. The van der Waals surface area contributed by atoms with Gasteiger partial charge in [0.1, 0.15) is 6.04 Å². The average molecular weight is 487 g/mol. The van der Waals surface area contributed by atoms with Crippen molar-refractivity contribution in [3.63, 3.8) is 0 Å². The van der Waals surface area contributed by atoms with Gasteiger partial charge in [-0.05, 0) is 17.2 Å². The van der Waals surface area contributed by atoms with Gasteiger partial charge in [-0.3, -0.25) is 4.79 Å². The van der Waals surface area contributed by atoms with E-state index >= 15 is 0 Å². The van der Waals surface area contributed by atoms with Crippen LogP contribution >= 0.6 is 0 Å². The third-order valence-corrected chi connectivity index (χ3v) is 6.13. The van der Waals surface area contributed by atoms with Gasteiger partial charge in [-0.2, -0.15) is 10.3 Å². The van der Waals surface area contributed by atoms with Crippen LogP contribution in [0.4, 0.5) is 0 Å². The van der Waals surface area contributed by atoms with Crippen LogP contribution in [0.1, 0.15) is 33.4 Å². The maximum Gasteiger partial charge on any atom is 0.253 e. The molecule has 37 heavy (non-hydrogen) atoms. The molecule has 0 spiro atoms. The van der Waals surface area contributed by atoms with Gasteiger partial charge in [0.05, 0.1) is 29.4 Å². The molecule has 180 valence electrons. The minimum absolute atomic E-state index is 0.289. The Kier molecular flexibility index (Phi) is 5.92. The fourth-order valence-corrected chi connectivity index (χ4v) is 4.31. The number of H-pyrrole nitrogens is 1. The average Bonchev–Trinajstić information content (AvgIpc) is 3.63. The van der Waals surface area contributed by atoms with Gasteiger partial charge in [0.2, 0.25) is 5.82 Å². The van der Waals surface area contributed by atoms with Crippen LogP contribution in [-0.2, 0) is 6.54 Å². The van der Waals surface area contributed by atoms with E-state index in [9.17, 15) is 4.79 Å². The molecule has 3 heterocycles. The molecule has 1 unspecified atom stereocenters. The molecule has 0 saturated heterocycles. The number of tetrazole rings is 1. The highest BCUT2D eigenvalue weighted by Gasteiger charge is 2.24. The smallest absolute Gasteiger partial charge is 0.253 e. The molecular formula is C28H22N8O. The van der Waals surface area contributed by atoms with E-state index in [1.807, 2.05) is 95.7 Å². The Morgan fingerprint density at radius 3 is 2.32 bits per heavy atom. The fourth-order valence-electron chi connectivity index (χ4n) is 4.31. The van der Waals surface area contributed by atoms with Crippen molar-refractivity contribution in [2.24, 2.45) is 0 Å². The van der Waals surface area contributed by atoms with Crippen molar-refractivity contribution >= 4 is 16.9 Å². The zero-order chi connectivity index (χ0) is 25.0. The lowest BCUT2D eigenvalue weighted by atomic mass is 10.0. The molecule has 0 aliphatic heterocycles. The lowest BCUT2D eigenvalue weighted by molar-refractivity contribution is 0.0943. The van der Waals surface area contributed by atoms with E-state index in [1.165, 1.54) is 0 Å². The third-order valence-electron chi connectivity index (χ3n) is 6.13. The second-order valence-electron chi connectivity index (χ2n) is 8.53. The van der Waals surface area contributed by atoms with E-state index in [-0.39, 0.29) is 5.91 Å². The first-order valence-corrected chi connectivity index (χ1v) is 11.8. The van der Waals surface area contributed by atoms with Gasteiger partial charge in [0.15, 0.2) is 5.65 Å². The predicted molar refractivity (Wildman–Crippen MR) is 138 cm³/mol. The molecule has 0 bridgehead atoms. The Bertz CT molecular complexity index is 1630. The summed E-state index contributed by atoms with van der Waals surface area (Å²) in [6.07, 6.45) is 1.70. The van der Waals surface area contributed by atoms with E-state index < -0.39 is 6.04 Å². The molecule has 6 aromatic rings. The summed E-state index contributed by atoms with van der Waals surface area (Å²) in [7, 11) is 0. The molecule has 3 aromatic heterocycles. The van der Waals surface area contributed by atoms with E-state index in [1.54, 1.807) is 12.3 Å². The largest absolute Gasteiger partial charge is 0.338 e. The monoisotopic (exact) mass is 486 g/mol. The minimum atomic E-state index is -0.588. The van der Waals surface area contributed by atoms with Gasteiger partial charge in [0, 0.05) is 5.56 Å². The first kappa shape index (κ1) is 22.3. The number of aromatic amines is 1. The summed E-state index contributed by atoms with van der Waals surface area (Å²) >= 11 is 0. The highest BCUT2D eigenvalue weighted by atomic mass is 16.1. The molecule has 2 N–H and O–H groups in total. The molecule has 9 heteroatoms. The number of carbonyl (C=O) groups is 1. The van der Waals surface area contributed by atoms with Gasteiger partial charge >= 0.3 is 0 Å². The predicted octanol–water partition coefficient (Wildman–Crippen LogP) is 4.18. The second kappa shape index (κ2) is 9.82. The first-order valence-electron chi connectivity index (χ1n) is 11.8. The van der Waals surface area contributed by atoms with Crippen LogP contribution in [0.3, 0.4) is 0 Å². The fraction of sp³-hybridized carbons (Fsp3) is 0.0714. The van der Waals surface area contributed by atoms with Crippen molar-refractivity contribution in [3.8, 4) is 11.3 Å². The molecule has 0 fully saturated rings. The molecule has 0 saturated carbocycles. The first-order chi connectivity index (χ1) is 18.3. The van der Waals surface area contributed by atoms with E-state index in [4.69, 9.17) is 4.98 Å². The third kappa shape index (κ3) is 4.57. The topological polar surface area (TPSA) is 114 Å². The molecular weight excluding hydrogens is 464 g/mol.